The molecule has 1 amide bonds. The summed E-state index contributed by atoms with van der Waals surface area (Å²) in [5.74, 6) is -0.737. The largest absolute Gasteiger partial charge is 0.480 e. The van der Waals surface area contributed by atoms with Crippen molar-refractivity contribution in [3.8, 4) is 10.8 Å². The number of hydrogen-bond donors (Lipinski definition) is 1. The third kappa shape index (κ3) is 2.83. The van der Waals surface area contributed by atoms with Gasteiger partial charge in [-0.05, 0) is 23.3 Å². The summed E-state index contributed by atoms with van der Waals surface area (Å²) in [5, 5.41) is 10.2. The predicted molar refractivity (Wildman–Crippen MR) is 91.3 cm³/mol. The van der Waals surface area contributed by atoms with Crippen molar-refractivity contribution in [3.05, 3.63) is 64.9 Å². The number of rotatable bonds is 3. The maximum atomic E-state index is 12.9. The zero-order valence-electron chi connectivity index (χ0n) is 13.1. The first-order chi connectivity index (χ1) is 12.1. The average Bonchev–Trinajstić information content (AvgIpc) is 3.31. The maximum absolute atomic E-state index is 12.9. The van der Waals surface area contributed by atoms with E-state index in [1.165, 1.54) is 22.4 Å². The summed E-state index contributed by atoms with van der Waals surface area (Å²) in [4.78, 5) is 30.6. The number of aromatic nitrogens is 1. The lowest BCUT2D eigenvalue weighted by atomic mass is 9.94. The molecular formula is C18H14N2O4S. The highest BCUT2D eigenvalue weighted by Crippen LogP contribution is 2.29. The van der Waals surface area contributed by atoms with E-state index in [1.807, 2.05) is 24.3 Å². The Bertz CT molecular complexity index is 932. The standard InChI is InChI=1S/C18H14N2O4S/c21-17(15-9-19-16(25-15)14-6-3-7-24-14)20-10-12-5-2-1-4-11(12)8-13(20)18(22)23/h1-7,9,13H,8,10H2,(H,22,23)/t13-/m0/s1. The summed E-state index contributed by atoms with van der Waals surface area (Å²) < 4.78 is 5.29. The molecule has 0 saturated heterocycles. The number of thiazole rings is 1. The third-order valence-corrected chi connectivity index (χ3v) is 5.24. The number of carbonyl (C=O) groups is 2. The first kappa shape index (κ1) is 15.6. The summed E-state index contributed by atoms with van der Waals surface area (Å²) in [5.41, 5.74) is 1.95. The van der Waals surface area contributed by atoms with Crippen LogP contribution >= 0.6 is 11.3 Å². The molecule has 1 aromatic carbocycles. The Labute approximate surface area is 147 Å². The van der Waals surface area contributed by atoms with Crippen LogP contribution in [0.25, 0.3) is 10.8 Å². The molecule has 0 bridgehead atoms. The topological polar surface area (TPSA) is 83.6 Å². The number of carbonyl (C=O) groups excluding carboxylic acids is 1. The van der Waals surface area contributed by atoms with E-state index in [-0.39, 0.29) is 12.5 Å². The van der Waals surface area contributed by atoms with Crippen molar-refractivity contribution in [2.24, 2.45) is 0 Å². The van der Waals surface area contributed by atoms with Gasteiger partial charge in [-0.2, -0.15) is 0 Å². The van der Waals surface area contributed by atoms with Gasteiger partial charge < -0.3 is 14.4 Å². The zero-order chi connectivity index (χ0) is 17.4. The fourth-order valence-electron chi connectivity index (χ4n) is 2.99. The Balaban J connectivity index is 1.65. The minimum Gasteiger partial charge on any atom is -0.480 e. The minimum absolute atomic E-state index is 0.278. The van der Waals surface area contributed by atoms with E-state index in [2.05, 4.69) is 4.98 Å². The highest BCUT2D eigenvalue weighted by atomic mass is 32.1. The summed E-state index contributed by atoms with van der Waals surface area (Å²) in [6.07, 6.45) is 3.33. The molecule has 3 aromatic rings. The Morgan fingerprint density at radius 2 is 2.00 bits per heavy atom. The molecule has 6 nitrogen and oxygen atoms in total. The van der Waals surface area contributed by atoms with Crippen molar-refractivity contribution in [3.63, 3.8) is 0 Å². The zero-order valence-corrected chi connectivity index (χ0v) is 13.9. The van der Waals surface area contributed by atoms with Crippen LogP contribution in [0.1, 0.15) is 20.8 Å². The predicted octanol–water partition coefficient (Wildman–Crippen LogP) is 3.05. The van der Waals surface area contributed by atoms with Crippen molar-refractivity contribution in [1.29, 1.82) is 0 Å². The Morgan fingerprint density at radius 1 is 1.20 bits per heavy atom. The van der Waals surface area contributed by atoms with E-state index in [0.29, 0.717) is 22.1 Å². The fraction of sp³-hybridized carbons (Fsp3) is 0.167. The average molecular weight is 354 g/mol. The van der Waals surface area contributed by atoms with Gasteiger partial charge in [0.05, 0.1) is 12.5 Å². The monoisotopic (exact) mass is 354 g/mol. The van der Waals surface area contributed by atoms with Gasteiger partial charge in [0.15, 0.2) is 10.8 Å². The van der Waals surface area contributed by atoms with Crippen molar-refractivity contribution in [2.75, 3.05) is 0 Å². The molecule has 7 heteroatoms. The van der Waals surface area contributed by atoms with E-state index in [4.69, 9.17) is 4.42 Å². The highest BCUT2D eigenvalue weighted by molar-refractivity contribution is 7.16. The van der Waals surface area contributed by atoms with Gasteiger partial charge in [-0.15, -0.1) is 11.3 Å². The molecule has 1 aliphatic rings. The lowest BCUT2D eigenvalue weighted by Gasteiger charge is -2.34. The minimum atomic E-state index is -1.00. The Hall–Kier alpha value is -2.93. The molecule has 4 rings (SSSR count). The van der Waals surface area contributed by atoms with Crippen LogP contribution in [0.15, 0.2) is 53.3 Å². The number of benzene rings is 1. The number of furan rings is 1. The number of hydrogen-bond acceptors (Lipinski definition) is 5. The van der Waals surface area contributed by atoms with E-state index in [9.17, 15) is 14.7 Å². The first-order valence-electron chi connectivity index (χ1n) is 7.74. The van der Waals surface area contributed by atoms with Crippen LogP contribution in [0.5, 0.6) is 0 Å². The molecule has 0 saturated carbocycles. The van der Waals surface area contributed by atoms with Crippen LogP contribution in [0.3, 0.4) is 0 Å². The molecule has 1 N–H and O–H groups in total. The van der Waals surface area contributed by atoms with Crippen LogP contribution in [0.4, 0.5) is 0 Å². The Kier molecular flexibility index (Phi) is 3.85. The summed E-state index contributed by atoms with van der Waals surface area (Å²) in [6.45, 7) is 0.278. The van der Waals surface area contributed by atoms with E-state index in [1.54, 1.807) is 18.4 Å². The maximum Gasteiger partial charge on any atom is 0.326 e. The molecule has 126 valence electrons. The molecule has 1 aliphatic heterocycles. The van der Waals surface area contributed by atoms with E-state index >= 15 is 0 Å². The molecule has 0 unspecified atom stereocenters. The van der Waals surface area contributed by atoms with E-state index in [0.717, 1.165) is 11.1 Å². The first-order valence-corrected chi connectivity index (χ1v) is 8.55. The molecule has 2 aromatic heterocycles. The smallest absolute Gasteiger partial charge is 0.326 e. The molecule has 1 atom stereocenters. The third-order valence-electron chi connectivity index (χ3n) is 4.24. The second-order valence-electron chi connectivity index (χ2n) is 5.77. The van der Waals surface area contributed by atoms with Crippen molar-refractivity contribution >= 4 is 23.2 Å². The molecule has 25 heavy (non-hydrogen) atoms. The van der Waals surface area contributed by atoms with Gasteiger partial charge >= 0.3 is 5.97 Å². The van der Waals surface area contributed by atoms with Crippen molar-refractivity contribution in [1.82, 2.24) is 9.88 Å². The van der Waals surface area contributed by atoms with Crippen molar-refractivity contribution in [2.45, 2.75) is 19.0 Å². The molecule has 0 radical (unpaired) electrons. The van der Waals surface area contributed by atoms with Gasteiger partial charge in [-0.25, -0.2) is 9.78 Å². The highest BCUT2D eigenvalue weighted by Gasteiger charge is 2.35. The van der Waals surface area contributed by atoms with E-state index < -0.39 is 12.0 Å². The summed E-state index contributed by atoms with van der Waals surface area (Å²) in [6, 6.07) is 10.3. The van der Waals surface area contributed by atoms with Crippen LogP contribution < -0.4 is 0 Å². The fourth-order valence-corrected chi connectivity index (χ4v) is 3.83. The van der Waals surface area contributed by atoms with Crippen LogP contribution in [0, 0.1) is 0 Å². The lowest BCUT2D eigenvalue weighted by molar-refractivity contribution is -0.142. The molecule has 3 heterocycles. The number of amides is 1. The summed E-state index contributed by atoms with van der Waals surface area (Å²) >= 11 is 1.20. The Morgan fingerprint density at radius 3 is 2.72 bits per heavy atom. The summed E-state index contributed by atoms with van der Waals surface area (Å²) in [7, 11) is 0. The quantitative estimate of drug-likeness (QED) is 0.781. The van der Waals surface area contributed by atoms with Crippen LogP contribution in [-0.4, -0.2) is 32.9 Å². The number of fused-ring (bicyclic) bond motifs is 1. The molecule has 0 aliphatic carbocycles. The number of carboxylic acid groups (broad SMARTS) is 1. The number of nitrogens with zero attached hydrogens (tertiary/aromatic N) is 2. The normalized spacial score (nSPS) is 16.5. The van der Waals surface area contributed by atoms with Crippen LogP contribution in [0.2, 0.25) is 0 Å². The lowest BCUT2D eigenvalue weighted by Crippen LogP contribution is -2.48. The van der Waals surface area contributed by atoms with Gasteiger partial charge in [0.1, 0.15) is 10.9 Å². The van der Waals surface area contributed by atoms with Gasteiger partial charge in [-0.3, -0.25) is 4.79 Å². The molecule has 0 spiro atoms. The van der Waals surface area contributed by atoms with Crippen LogP contribution in [-0.2, 0) is 17.8 Å². The second-order valence-corrected chi connectivity index (χ2v) is 6.80. The number of aliphatic carboxylic acids is 1. The van der Waals surface area contributed by atoms with Gasteiger partial charge in [0.2, 0.25) is 0 Å². The van der Waals surface area contributed by atoms with Gasteiger partial charge in [-0.1, -0.05) is 24.3 Å². The van der Waals surface area contributed by atoms with Gasteiger partial charge in [0.25, 0.3) is 5.91 Å². The molecular weight excluding hydrogens is 340 g/mol. The second kappa shape index (κ2) is 6.18. The van der Waals surface area contributed by atoms with Crippen molar-refractivity contribution < 1.29 is 19.1 Å². The SMILES string of the molecule is O=C(O)[C@@H]1Cc2ccccc2CN1C(=O)c1cnc(-c2ccco2)s1. The molecule has 0 fully saturated rings. The van der Waals surface area contributed by atoms with Gasteiger partial charge in [0, 0.05) is 13.0 Å². The number of carboxylic acids is 1.